The van der Waals surface area contributed by atoms with E-state index in [9.17, 15) is 15.0 Å². The average Bonchev–Trinajstić information content (AvgIpc) is 3.36. The predicted octanol–water partition coefficient (Wildman–Crippen LogP) is 12.1. The number of allylic oxidation sites excluding steroid dienone is 1. The molecule has 1 saturated carbocycles. The molecule has 1 amide bonds. The van der Waals surface area contributed by atoms with E-state index in [4.69, 9.17) is 40.5 Å². The molecule has 1 heterocycles. The second kappa shape index (κ2) is 23.1. The maximum absolute atomic E-state index is 14.9. The standard InChI is InChI=1S/C55H61ClN2O8S/c1-3-31-63-55-51(58(54(61)62-32-28-56)36-41-19-13-18-39-16-7-8-20-45(39)41)35-49(57-64-37-38-14-5-4-6-15-38)47-33-40(17-9-11-29-59)46(21-10-12-30-60)52(53(47)55)48-34-43(24-27-50(48)66-55)65-42-22-25-44(67-2)26-23-42/h3-8,13-16,18-20,22-27,33-34,40,46,51-53,59-60H,1,9-12,17,21,28-32,35-37H2,2H3. The van der Waals surface area contributed by atoms with Crippen LogP contribution in [0.1, 0.15) is 67.6 Å². The number of carbonyl (C=O) groups excluding carboxylic acids is 1. The Bertz CT molecular complexity index is 2500. The van der Waals surface area contributed by atoms with E-state index in [1.54, 1.807) is 22.7 Å². The predicted molar refractivity (Wildman–Crippen MR) is 266 cm³/mol. The van der Waals surface area contributed by atoms with Crippen molar-refractivity contribution < 1.29 is 38.8 Å². The number of alkyl halides is 1. The van der Waals surface area contributed by atoms with Crippen LogP contribution in [0.4, 0.5) is 4.79 Å². The summed E-state index contributed by atoms with van der Waals surface area (Å²) in [5.41, 5.74) is 4.49. The van der Waals surface area contributed by atoms with Gasteiger partial charge in [0.2, 0.25) is 5.79 Å². The van der Waals surface area contributed by atoms with Gasteiger partial charge in [0, 0.05) is 36.0 Å². The smallest absolute Gasteiger partial charge is 0.410 e. The van der Waals surface area contributed by atoms with Crippen LogP contribution in [0, 0.1) is 17.8 Å². The lowest BCUT2D eigenvalue weighted by atomic mass is 9.55. The number of benzene rings is 5. The van der Waals surface area contributed by atoms with Gasteiger partial charge in [0.1, 0.15) is 36.5 Å². The van der Waals surface area contributed by atoms with Gasteiger partial charge in [-0.05, 0) is 114 Å². The molecule has 10 nitrogen and oxygen atoms in total. The van der Waals surface area contributed by atoms with Crippen LogP contribution in [0.25, 0.3) is 10.8 Å². The Labute approximate surface area is 403 Å². The van der Waals surface area contributed by atoms with Crippen molar-refractivity contribution in [1.82, 2.24) is 4.90 Å². The third-order valence-electron chi connectivity index (χ3n) is 13.3. The molecule has 8 rings (SSSR count). The van der Waals surface area contributed by atoms with Gasteiger partial charge in [0.05, 0.1) is 30.7 Å². The highest BCUT2D eigenvalue weighted by atomic mass is 35.5. The second-order valence-corrected chi connectivity index (χ2v) is 18.6. The first-order valence-electron chi connectivity index (χ1n) is 23.4. The summed E-state index contributed by atoms with van der Waals surface area (Å²) in [7, 11) is 0. The number of oxime groups is 1. The Balaban J connectivity index is 1.35. The highest BCUT2D eigenvalue weighted by Gasteiger charge is 2.65. The first-order valence-corrected chi connectivity index (χ1v) is 25.2. The number of rotatable bonds is 22. The molecule has 2 aliphatic carbocycles. The van der Waals surface area contributed by atoms with Crippen LogP contribution in [0.5, 0.6) is 17.2 Å². The number of hydrogen-bond acceptors (Lipinski definition) is 10. The largest absolute Gasteiger partial charge is 0.459 e. The molecule has 6 atom stereocenters. The van der Waals surface area contributed by atoms with Crippen molar-refractivity contribution in [2.24, 2.45) is 22.9 Å². The van der Waals surface area contributed by atoms with Crippen LogP contribution < -0.4 is 9.47 Å². The van der Waals surface area contributed by atoms with Crippen molar-refractivity contribution in [3.05, 3.63) is 156 Å². The summed E-state index contributed by atoms with van der Waals surface area (Å²) in [6.45, 7) is 4.82. The third-order valence-corrected chi connectivity index (χ3v) is 14.2. The van der Waals surface area contributed by atoms with Gasteiger partial charge in [-0.25, -0.2) is 4.79 Å². The minimum absolute atomic E-state index is 0.00687. The Morgan fingerprint density at radius 2 is 1.67 bits per heavy atom. The number of unbranched alkanes of at least 4 members (excludes halogenated alkanes) is 2. The molecule has 3 aliphatic rings. The Morgan fingerprint density at radius 1 is 0.925 bits per heavy atom. The van der Waals surface area contributed by atoms with Crippen LogP contribution in [-0.2, 0) is 27.5 Å². The first-order chi connectivity index (χ1) is 32.9. The number of nitrogens with zero attached hydrogens (tertiary/aromatic N) is 2. The summed E-state index contributed by atoms with van der Waals surface area (Å²) in [5, 5.41) is 27.1. The molecule has 1 fully saturated rings. The molecule has 5 aromatic rings. The number of ether oxygens (including phenoxy) is 4. The number of thioether (sulfide) groups is 1. The molecule has 0 spiro atoms. The zero-order valence-corrected chi connectivity index (χ0v) is 39.7. The van der Waals surface area contributed by atoms with E-state index in [2.05, 4.69) is 36.9 Å². The molecule has 2 N–H and O–H groups in total. The molecule has 6 unspecified atom stereocenters. The molecule has 0 radical (unpaired) electrons. The highest BCUT2D eigenvalue weighted by Crippen LogP contribution is 2.62. The number of fused-ring (bicyclic) bond motifs is 3. The van der Waals surface area contributed by atoms with E-state index in [1.165, 1.54) is 0 Å². The van der Waals surface area contributed by atoms with Crippen molar-refractivity contribution in [2.45, 2.75) is 80.7 Å². The van der Waals surface area contributed by atoms with Crippen LogP contribution in [0.3, 0.4) is 0 Å². The highest BCUT2D eigenvalue weighted by molar-refractivity contribution is 7.98. The van der Waals surface area contributed by atoms with Crippen molar-refractivity contribution >= 4 is 45.9 Å². The minimum atomic E-state index is -1.48. The lowest BCUT2D eigenvalue weighted by molar-refractivity contribution is -0.256. The fraction of sp³-hybridized carbons (Fsp3) is 0.382. The summed E-state index contributed by atoms with van der Waals surface area (Å²) in [4.78, 5) is 24.1. The van der Waals surface area contributed by atoms with Gasteiger partial charge in [-0.2, -0.15) is 0 Å². The molecule has 0 aromatic heterocycles. The normalized spacial score (nSPS) is 22.2. The number of aliphatic hydroxyl groups is 2. The van der Waals surface area contributed by atoms with Gasteiger partial charge >= 0.3 is 6.09 Å². The zero-order valence-electron chi connectivity index (χ0n) is 38.1. The van der Waals surface area contributed by atoms with E-state index < -0.39 is 23.8 Å². The summed E-state index contributed by atoms with van der Waals surface area (Å²) >= 11 is 7.87. The number of carbonyl (C=O) groups is 1. The molecule has 0 saturated heterocycles. The zero-order chi connectivity index (χ0) is 46.6. The van der Waals surface area contributed by atoms with E-state index in [0.717, 1.165) is 63.6 Å². The number of aliphatic hydroxyl groups excluding tert-OH is 2. The van der Waals surface area contributed by atoms with Crippen molar-refractivity contribution in [3.8, 4) is 17.2 Å². The average molecular weight is 946 g/mol. The summed E-state index contributed by atoms with van der Waals surface area (Å²) in [6, 6.07) is 37.4. The Kier molecular flexibility index (Phi) is 16.6. The first kappa shape index (κ1) is 48.2. The maximum Gasteiger partial charge on any atom is 0.410 e. The van der Waals surface area contributed by atoms with Gasteiger partial charge in [-0.15, -0.1) is 29.9 Å². The molecule has 352 valence electrons. The molecule has 67 heavy (non-hydrogen) atoms. The summed E-state index contributed by atoms with van der Waals surface area (Å²) in [5.74, 6) is -0.0233. The van der Waals surface area contributed by atoms with Crippen molar-refractivity contribution in [3.63, 3.8) is 0 Å². The summed E-state index contributed by atoms with van der Waals surface area (Å²) in [6.07, 6.45) is 10.3. The molecular formula is C55H61ClN2O8S. The van der Waals surface area contributed by atoms with Gasteiger partial charge in [-0.1, -0.05) is 103 Å². The van der Waals surface area contributed by atoms with Crippen LogP contribution >= 0.6 is 23.4 Å². The third kappa shape index (κ3) is 10.9. The van der Waals surface area contributed by atoms with E-state index in [1.807, 2.05) is 97.3 Å². The SMILES string of the molecule is C=CCOC12Oc3ccc(Oc4ccc(SC)cc4)cc3C3C(CCCCO)C(CCCCO)C=C(C(=NOCc4ccccc4)CC1N(Cc1cccc4ccccc14)C(=O)OCCCl)C32. The van der Waals surface area contributed by atoms with E-state index in [0.29, 0.717) is 35.8 Å². The molecule has 1 aliphatic heterocycles. The molecule has 5 aromatic carbocycles. The van der Waals surface area contributed by atoms with Gasteiger partial charge < -0.3 is 34.0 Å². The number of amides is 1. The van der Waals surface area contributed by atoms with Gasteiger partial charge in [0.25, 0.3) is 0 Å². The lowest BCUT2D eigenvalue weighted by Gasteiger charge is -2.59. The maximum atomic E-state index is 14.9. The second-order valence-electron chi connectivity index (χ2n) is 17.4. The monoisotopic (exact) mass is 944 g/mol. The van der Waals surface area contributed by atoms with Gasteiger partial charge in [-0.3, -0.25) is 4.90 Å². The van der Waals surface area contributed by atoms with Crippen molar-refractivity contribution in [1.29, 1.82) is 0 Å². The van der Waals surface area contributed by atoms with E-state index in [-0.39, 0.29) is 69.6 Å². The minimum Gasteiger partial charge on any atom is -0.459 e. The lowest BCUT2D eigenvalue weighted by Crippen LogP contribution is -2.70. The topological polar surface area (TPSA) is 119 Å². The van der Waals surface area contributed by atoms with Crippen LogP contribution in [0.15, 0.2) is 150 Å². The van der Waals surface area contributed by atoms with E-state index >= 15 is 0 Å². The van der Waals surface area contributed by atoms with Crippen molar-refractivity contribution in [2.75, 3.05) is 38.6 Å². The van der Waals surface area contributed by atoms with Crippen LogP contribution in [-0.4, -0.2) is 77.3 Å². The molecular weight excluding hydrogens is 884 g/mol. The number of hydrogen-bond donors (Lipinski definition) is 2. The molecule has 12 heteroatoms. The van der Waals surface area contributed by atoms with Gasteiger partial charge in [0.15, 0.2) is 0 Å². The molecule has 0 bridgehead atoms. The Hall–Kier alpha value is -5.30. The fourth-order valence-corrected chi connectivity index (χ4v) is 10.9. The quantitative estimate of drug-likeness (QED) is 0.0230. The Morgan fingerprint density at radius 3 is 2.43 bits per heavy atom. The fourth-order valence-electron chi connectivity index (χ4n) is 10.4. The van der Waals surface area contributed by atoms with Crippen LogP contribution in [0.2, 0.25) is 0 Å². The summed E-state index contributed by atoms with van der Waals surface area (Å²) < 4.78 is 27.3. The number of halogens is 1.